The number of ether oxygens (including phenoxy) is 1. The Labute approximate surface area is 244 Å². The third-order valence-corrected chi connectivity index (χ3v) is 6.86. The van der Waals surface area contributed by atoms with E-state index in [0.29, 0.717) is 11.3 Å². The Hall–Kier alpha value is -4.13. The second-order valence-corrected chi connectivity index (χ2v) is 11.8. The third-order valence-electron chi connectivity index (χ3n) is 6.86. The van der Waals surface area contributed by atoms with Crippen LogP contribution < -0.4 is 10.6 Å². The van der Waals surface area contributed by atoms with Crippen molar-refractivity contribution in [3.8, 4) is 0 Å². The van der Waals surface area contributed by atoms with Crippen molar-refractivity contribution in [3.63, 3.8) is 0 Å². The van der Waals surface area contributed by atoms with Gasteiger partial charge >= 0.3 is 6.09 Å². The van der Waals surface area contributed by atoms with E-state index in [4.69, 9.17) is 4.74 Å². The number of nitrogens with zero attached hydrogens (tertiary/aromatic N) is 1. The molecule has 0 radical (unpaired) electrons. The van der Waals surface area contributed by atoms with Crippen LogP contribution in [-0.4, -0.2) is 40.5 Å². The van der Waals surface area contributed by atoms with E-state index in [2.05, 4.69) is 10.6 Å². The first-order valence-corrected chi connectivity index (χ1v) is 14.1. The zero-order chi connectivity index (χ0) is 30.3. The van der Waals surface area contributed by atoms with Crippen LogP contribution in [-0.2, 0) is 20.7 Å². The van der Waals surface area contributed by atoms with Gasteiger partial charge in [0.15, 0.2) is 0 Å². The van der Waals surface area contributed by atoms with Gasteiger partial charge in [0.05, 0.1) is 0 Å². The van der Waals surface area contributed by atoms with Gasteiger partial charge in [-0.05, 0) is 89.3 Å². The summed E-state index contributed by atoms with van der Waals surface area (Å²) >= 11 is 0. The van der Waals surface area contributed by atoms with Gasteiger partial charge in [-0.15, -0.1) is 0 Å². The smallest absolute Gasteiger partial charge is 0.408 e. The topological polar surface area (TPSA) is 87.7 Å². The quantitative estimate of drug-likeness (QED) is 0.308. The Balaban J connectivity index is 2.08. The SMILES string of the molecule is Cc1ccc(C(C(=O)Nc2ccccc2C)N(C(=O)C(Cc2ccccc2)NC(=O)OC(C)(C)C)C(C)C)cc1C. The van der Waals surface area contributed by atoms with Gasteiger partial charge in [0.1, 0.15) is 17.7 Å². The highest BCUT2D eigenvalue weighted by Crippen LogP contribution is 2.29. The number of carbonyl (C=O) groups excluding carboxylic acids is 3. The van der Waals surface area contributed by atoms with Crippen molar-refractivity contribution in [2.45, 2.75) is 85.5 Å². The fourth-order valence-corrected chi connectivity index (χ4v) is 4.65. The first-order chi connectivity index (χ1) is 19.3. The number of benzene rings is 3. The van der Waals surface area contributed by atoms with Crippen LogP contribution >= 0.6 is 0 Å². The van der Waals surface area contributed by atoms with Crippen LogP contribution in [0.3, 0.4) is 0 Å². The maximum absolute atomic E-state index is 14.5. The van der Waals surface area contributed by atoms with Gasteiger partial charge < -0.3 is 20.3 Å². The molecule has 0 saturated heterocycles. The molecule has 3 aromatic carbocycles. The summed E-state index contributed by atoms with van der Waals surface area (Å²) in [5.41, 5.74) is 4.51. The van der Waals surface area contributed by atoms with Gasteiger partial charge in [-0.1, -0.05) is 66.7 Å². The lowest BCUT2D eigenvalue weighted by Crippen LogP contribution is -2.55. The molecule has 7 nitrogen and oxygen atoms in total. The highest BCUT2D eigenvalue weighted by molar-refractivity contribution is 5.99. The van der Waals surface area contributed by atoms with Gasteiger partial charge in [-0.2, -0.15) is 0 Å². The highest BCUT2D eigenvalue weighted by Gasteiger charge is 2.38. The van der Waals surface area contributed by atoms with E-state index < -0.39 is 23.8 Å². The number of rotatable bonds is 9. The van der Waals surface area contributed by atoms with Crippen molar-refractivity contribution < 1.29 is 19.1 Å². The first-order valence-electron chi connectivity index (χ1n) is 14.1. The lowest BCUT2D eigenvalue weighted by atomic mass is 9.96. The zero-order valence-corrected chi connectivity index (χ0v) is 25.4. The Morgan fingerprint density at radius 1 is 0.829 bits per heavy atom. The molecule has 0 aliphatic heterocycles. The molecular weight excluding hydrogens is 514 g/mol. The molecule has 218 valence electrons. The molecule has 0 saturated carbocycles. The molecule has 3 amide bonds. The zero-order valence-electron chi connectivity index (χ0n) is 25.4. The first kappa shape index (κ1) is 31.4. The molecule has 0 bridgehead atoms. The van der Waals surface area contributed by atoms with Gasteiger partial charge in [-0.3, -0.25) is 9.59 Å². The van der Waals surface area contributed by atoms with Crippen LogP contribution in [0.1, 0.15) is 68.5 Å². The van der Waals surface area contributed by atoms with E-state index in [1.54, 1.807) is 25.7 Å². The van der Waals surface area contributed by atoms with Crippen molar-refractivity contribution >= 4 is 23.6 Å². The van der Waals surface area contributed by atoms with Crippen molar-refractivity contribution in [1.29, 1.82) is 0 Å². The van der Waals surface area contributed by atoms with E-state index in [-0.39, 0.29) is 24.3 Å². The van der Waals surface area contributed by atoms with Gasteiger partial charge in [0.2, 0.25) is 5.91 Å². The molecule has 3 aromatic rings. The molecular formula is C34H43N3O4. The normalized spacial score (nSPS) is 12.8. The summed E-state index contributed by atoms with van der Waals surface area (Å²) < 4.78 is 5.51. The molecule has 7 heteroatoms. The number of alkyl carbamates (subject to hydrolysis) is 1. The molecule has 3 rings (SSSR count). The number of amides is 3. The minimum Gasteiger partial charge on any atom is -0.444 e. The van der Waals surface area contributed by atoms with E-state index in [1.165, 1.54) is 0 Å². The molecule has 0 aromatic heterocycles. The Morgan fingerprint density at radius 3 is 2.05 bits per heavy atom. The Kier molecular flexibility index (Phi) is 10.3. The standard InChI is InChI=1S/C34H43N3O4/c1-22(2)37(32(39)29(21-26-15-10-9-11-16-26)36-33(40)41-34(6,7)8)30(27-19-18-23(3)25(5)20-27)31(38)35-28-17-13-12-14-24(28)4/h9-20,22,29-30H,21H2,1-8H3,(H,35,38)(H,36,40). The molecule has 0 spiro atoms. The summed E-state index contributed by atoms with van der Waals surface area (Å²) in [6.45, 7) is 15.0. The molecule has 41 heavy (non-hydrogen) atoms. The number of para-hydroxylation sites is 1. The molecule has 0 aliphatic carbocycles. The van der Waals surface area contributed by atoms with Crippen LogP contribution in [0.2, 0.25) is 0 Å². The average molecular weight is 558 g/mol. The second kappa shape index (κ2) is 13.5. The second-order valence-electron chi connectivity index (χ2n) is 11.8. The lowest BCUT2D eigenvalue weighted by molar-refractivity contribution is -0.142. The molecule has 0 aliphatic rings. The summed E-state index contributed by atoms with van der Waals surface area (Å²) in [5.74, 6) is -0.710. The van der Waals surface area contributed by atoms with Crippen LogP contribution in [0.5, 0.6) is 0 Å². The van der Waals surface area contributed by atoms with E-state index in [0.717, 1.165) is 22.3 Å². The number of aryl methyl sites for hydroxylation is 3. The number of nitrogens with one attached hydrogen (secondary N) is 2. The van der Waals surface area contributed by atoms with E-state index in [9.17, 15) is 14.4 Å². The summed E-state index contributed by atoms with van der Waals surface area (Å²) in [5, 5.41) is 5.85. The number of carbonyl (C=O) groups is 3. The predicted molar refractivity (Wildman–Crippen MR) is 164 cm³/mol. The Bertz CT molecular complexity index is 1360. The number of hydrogen-bond acceptors (Lipinski definition) is 4. The van der Waals surface area contributed by atoms with Crippen molar-refractivity contribution in [2.75, 3.05) is 5.32 Å². The molecule has 2 N–H and O–H groups in total. The van der Waals surface area contributed by atoms with E-state index in [1.807, 2.05) is 107 Å². The van der Waals surface area contributed by atoms with E-state index >= 15 is 0 Å². The summed E-state index contributed by atoms with van der Waals surface area (Å²) in [6, 6.07) is 20.5. The van der Waals surface area contributed by atoms with Crippen LogP contribution in [0.4, 0.5) is 10.5 Å². The fourth-order valence-electron chi connectivity index (χ4n) is 4.65. The third kappa shape index (κ3) is 8.68. The molecule has 0 fully saturated rings. The molecule has 0 heterocycles. The maximum Gasteiger partial charge on any atom is 0.408 e. The Morgan fingerprint density at radius 2 is 1.46 bits per heavy atom. The van der Waals surface area contributed by atoms with Crippen molar-refractivity contribution in [3.05, 3.63) is 101 Å². The molecule has 2 atom stereocenters. The van der Waals surface area contributed by atoms with Gasteiger partial charge in [0, 0.05) is 18.2 Å². The summed E-state index contributed by atoms with van der Waals surface area (Å²) in [6.07, 6.45) is -0.455. The minimum absolute atomic E-state index is 0.237. The largest absolute Gasteiger partial charge is 0.444 e. The van der Waals surface area contributed by atoms with Crippen LogP contribution in [0.15, 0.2) is 72.8 Å². The maximum atomic E-state index is 14.5. The molecule has 2 unspecified atom stereocenters. The number of anilines is 1. The lowest BCUT2D eigenvalue weighted by Gasteiger charge is -2.37. The van der Waals surface area contributed by atoms with Crippen LogP contribution in [0.25, 0.3) is 0 Å². The summed E-state index contributed by atoms with van der Waals surface area (Å²) in [4.78, 5) is 43.0. The average Bonchev–Trinajstić information content (AvgIpc) is 2.88. The van der Waals surface area contributed by atoms with Gasteiger partial charge in [-0.25, -0.2) is 4.79 Å². The summed E-state index contributed by atoms with van der Waals surface area (Å²) in [7, 11) is 0. The van der Waals surface area contributed by atoms with Crippen LogP contribution in [0, 0.1) is 20.8 Å². The monoisotopic (exact) mass is 557 g/mol. The van der Waals surface area contributed by atoms with Crippen molar-refractivity contribution in [2.24, 2.45) is 0 Å². The highest BCUT2D eigenvalue weighted by atomic mass is 16.6. The van der Waals surface area contributed by atoms with Gasteiger partial charge in [0.25, 0.3) is 5.91 Å². The number of hydrogen-bond donors (Lipinski definition) is 2. The van der Waals surface area contributed by atoms with Crippen molar-refractivity contribution in [1.82, 2.24) is 10.2 Å². The fraction of sp³-hybridized carbons (Fsp3) is 0.382. The predicted octanol–water partition coefficient (Wildman–Crippen LogP) is 6.66. The minimum atomic E-state index is -0.963.